The normalized spacial score (nSPS) is 22.1. The first-order valence-corrected chi connectivity index (χ1v) is 7.03. The van der Waals surface area contributed by atoms with Crippen LogP contribution < -0.4 is 0 Å². The number of fused-ring (bicyclic) bond motifs is 1. The molecule has 0 N–H and O–H groups in total. The summed E-state index contributed by atoms with van der Waals surface area (Å²) in [5.74, 6) is -1.09. The van der Waals surface area contributed by atoms with E-state index in [-0.39, 0.29) is 11.3 Å². The molecular weight excluding hydrogens is 277 g/mol. The molecule has 1 unspecified atom stereocenters. The Labute approximate surface area is 121 Å². The van der Waals surface area contributed by atoms with E-state index >= 15 is 0 Å². The molecule has 0 bridgehead atoms. The average Bonchev–Trinajstić information content (AvgIpc) is 2.93. The van der Waals surface area contributed by atoms with Gasteiger partial charge < -0.3 is 4.90 Å². The summed E-state index contributed by atoms with van der Waals surface area (Å²) in [5.41, 5.74) is -0.498. The number of nitro groups is 1. The molecule has 2 aliphatic heterocycles. The molecule has 0 spiro atoms. The highest BCUT2D eigenvalue weighted by Gasteiger charge is 2.34. The van der Waals surface area contributed by atoms with E-state index in [1.54, 1.807) is 4.90 Å². The summed E-state index contributed by atoms with van der Waals surface area (Å²) in [6.45, 7) is 2.92. The van der Waals surface area contributed by atoms with Crippen molar-refractivity contribution >= 4 is 11.6 Å². The van der Waals surface area contributed by atoms with Gasteiger partial charge in [-0.15, -0.1) is 0 Å². The maximum atomic E-state index is 13.4. The van der Waals surface area contributed by atoms with Gasteiger partial charge in [0.25, 0.3) is 11.6 Å². The third kappa shape index (κ3) is 2.61. The Morgan fingerprint density at radius 3 is 2.90 bits per heavy atom. The number of nitrogens with zero attached hydrogens (tertiary/aromatic N) is 3. The second-order valence-corrected chi connectivity index (χ2v) is 5.50. The molecule has 1 aromatic rings. The molecular formula is C14H16FN3O3. The van der Waals surface area contributed by atoms with Crippen molar-refractivity contribution in [2.24, 2.45) is 0 Å². The first-order chi connectivity index (χ1) is 10.1. The molecule has 2 saturated heterocycles. The van der Waals surface area contributed by atoms with Crippen LogP contribution in [0, 0.1) is 15.9 Å². The molecule has 1 amide bonds. The Morgan fingerprint density at radius 2 is 2.14 bits per heavy atom. The van der Waals surface area contributed by atoms with E-state index in [0.29, 0.717) is 19.1 Å². The lowest BCUT2D eigenvalue weighted by molar-refractivity contribution is -0.385. The van der Waals surface area contributed by atoms with E-state index in [4.69, 9.17) is 0 Å². The van der Waals surface area contributed by atoms with Gasteiger partial charge in [-0.05, 0) is 31.5 Å². The Morgan fingerprint density at radius 1 is 1.33 bits per heavy atom. The maximum Gasteiger partial charge on any atom is 0.282 e. The number of nitro benzene ring substituents is 1. The number of hydrogen-bond acceptors (Lipinski definition) is 4. The van der Waals surface area contributed by atoms with Crippen LogP contribution in [0.5, 0.6) is 0 Å². The van der Waals surface area contributed by atoms with Crippen molar-refractivity contribution in [3.05, 3.63) is 39.7 Å². The first kappa shape index (κ1) is 13.9. The molecule has 2 aliphatic rings. The summed E-state index contributed by atoms with van der Waals surface area (Å²) in [6.07, 6.45) is 2.15. The van der Waals surface area contributed by atoms with Crippen LogP contribution in [-0.2, 0) is 0 Å². The summed E-state index contributed by atoms with van der Waals surface area (Å²) in [6, 6.07) is 3.34. The largest absolute Gasteiger partial charge is 0.336 e. The van der Waals surface area contributed by atoms with Crippen molar-refractivity contribution in [1.82, 2.24) is 9.80 Å². The molecule has 0 aliphatic carbocycles. The van der Waals surface area contributed by atoms with Crippen LogP contribution in [0.25, 0.3) is 0 Å². The molecule has 6 nitrogen and oxygen atoms in total. The molecule has 2 fully saturated rings. The smallest absolute Gasteiger partial charge is 0.282 e. The van der Waals surface area contributed by atoms with Crippen LogP contribution in [0.2, 0.25) is 0 Å². The number of carbonyl (C=O) groups excluding carboxylic acids is 1. The zero-order valence-electron chi connectivity index (χ0n) is 11.5. The fraction of sp³-hybridized carbons (Fsp3) is 0.500. The van der Waals surface area contributed by atoms with E-state index in [1.807, 2.05) is 0 Å². The highest BCUT2D eigenvalue weighted by Crippen LogP contribution is 2.25. The highest BCUT2D eigenvalue weighted by atomic mass is 19.1. The SMILES string of the molecule is O=C(c1cc(F)ccc1[N+](=O)[O-])N1CCN2CCCC2C1. The molecule has 112 valence electrons. The lowest BCUT2D eigenvalue weighted by atomic mass is 10.1. The molecule has 0 aromatic heterocycles. The van der Waals surface area contributed by atoms with Gasteiger partial charge in [0.15, 0.2) is 0 Å². The van der Waals surface area contributed by atoms with Gasteiger partial charge in [0.2, 0.25) is 0 Å². The fourth-order valence-corrected chi connectivity index (χ4v) is 3.18. The summed E-state index contributed by atoms with van der Waals surface area (Å²) in [4.78, 5) is 26.8. The van der Waals surface area contributed by atoms with Crippen molar-refractivity contribution in [1.29, 1.82) is 0 Å². The van der Waals surface area contributed by atoms with Crippen molar-refractivity contribution in [3.8, 4) is 0 Å². The van der Waals surface area contributed by atoms with Crippen molar-refractivity contribution < 1.29 is 14.1 Å². The number of hydrogen-bond donors (Lipinski definition) is 0. The molecule has 0 saturated carbocycles. The van der Waals surface area contributed by atoms with E-state index in [1.165, 1.54) is 0 Å². The minimum absolute atomic E-state index is 0.161. The van der Waals surface area contributed by atoms with E-state index < -0.39 is 16.6 Å². The molecule has 3 rings (SSSR count). The Kier molecular flexibility index (Phi) is 3.59. The minimum Gasteiger partial charge on any atom is -0.336 e. The van der Waals surface area contributed by atoms with E-state index in [0.717, 1.165) is 44.1 Å². The van der Waals surface area contributed by atoms with Crippen molar-refractivity contribution in [2.45, 2.75) is 18.9 Å². The number of carbonyl (C=O) groups is 1. The predicted molar refractivity (Wildman–Crippen MR) is 73.6 cm³/mol. The number of benzene rings is 1. The zero-order valence-corrected chi connectivity index (χ0v) is 11.5. The minimum atomic E-state index is -0.640. The molecule has 21 heavy (non-hydrogen) atoms. The van der Waals surface area contributed by atoms with Gasteiger partial charge in [-0.3, -0.25) is 19.8 Å². The summed E-state index contributed by atoms with van der Waals surface area (Å²) in [7, 11) is 0. The topological polar surface area (TPSA) is 66.7 Å². The number of piperazine rings is 1. The monoisotopic (exact) mass is 293 g/mol. The maximum absolute atomic E-state index is 13.4. The average molecular weight is 293 g/mol. The van der Waals surface area contributed by atoms with Crippen LogP contribution in [0.1, 0.15) is 23.2 Å². The van der Waals surface area contributed by atoms with Gasteiger partial charge in [-0.1, -0.05) is 0 Å². The van der Waals surface area contributed by atoms with Gasteiger partial charge >= 0.3 is 0 Å². The summed E-state index contributed by atoms with van der Waals surface area (Å²) >= 11 is 0. The summed E-state index contributed by atoms with van der Waals surface area (Å²) < 4.78 is 13.4. The van der Waals surface area contributed by atoms with Crippen molar-refractivity contribution in [2.75, 3.05) is 26.2 Å². The number of rotatable bonds is 2. The van der Waals surface area contributed by atoms with Crippen LogP contribution in [0.15, 0.2) is 18.2 Å². The second kappa shape index (κ2) is 5.40. The lowest BCUT2D eigenvalue weighted by Gasteiger charge is -2.37. The van der Waals surface area contributed by atoms with Crippen LogP contribution >= 0.6 is 0 Å². The molecule has 1 aromatic carbocycles. The molecule has 1 atom stereocenters. The van der Waals surface area contributed by atoms with E-state index in [9.17, 15) is 19.3 Å². The van der Waals surface area contributed by atoms with Gasteiger partial charge in [0, 0.05) is 31.7 Å². The number of halogens is 1. The van der Waals surface area contributed by atoms with E-state index in [2.05, 4.69) is 4.90 Å². The quantitative estimate of drug-likeness (QED) is 0.614. The van der Waals surface area contributed by atoms with Gasteiger partial charge in [-0.25, -0.2) is 4.39 Å². The predicted octanol–water partition coefficient (Wildman–Crippen LogP) is 1.65. The van der Waals surface area contributed by atoms with Gasteiger partial charge in [-0.2, -0.15) is 0 Å². The lowest BCUT2D eigenvalue weighted by Crippen LogP contribution is -2.52. The van der Waals surface area contributed by atoms with Crippen molar-refractivity contribution in [3.63, 3.8) is 0 Å². The zero-order chi connectivity index (χ0) is 15.0. The third-order valence-electron chi connectivity index (χ3n) is 4.26. The second-order valence-electron chi connectivity index (χ2n) is 5.50. The number of amides is 1. The first-order valence-electron chi connectivity index (χ1n) is 7.03. The Bertz CT molecular complexity index is 593. The highest BCUT2D eigenvalue weighted by molar-refractivity contribution is 5.98. The molecule has 0 radical (unpaired) electrons. The standard InChI is InChI=1S/C14H16FN3O3/c15-10-3-4-13(18(20)21)12(8-10)14(19)17-7-6-16-5-1-2-11(16)9-17/h3-4,8,11H,1-2,5-7,9H2. The van der Waals surface area contributed by atoms with Crippen LogP contribution in [0.4, 0.5) is 10.1 Å². The Hall–Kier alpha value is -2.02. The molecule has 2 heterocycles. The van der Waals surface area contributed by atoms with Gasteiger partial charge in [0.1, 0.15) is 11.4 Å². The van der Waals surface area contributed by atoms with Crippen LogP contribution in [-0.4, -0.2) is 52.9 Å². The third-order valence-corrected chi connectivity index (χ3v) is 4.26. The van der Waals surface area contributed by atoms with Gasteiger partial charge in [0.05, 0.1) is 4.92 Å². The summed E-state index contributed by atoms with van der Waals surface area (Å²) in [5, 5.41) is 11.0. The van der Waals surface area contributed by atoms with Crippen LogP contribution in [0.3, 0.4) is 0 Å². The fourth-order valence-electron chi connectivity index (χ4n) is 3.18. The molecule has 7 heteroatoms. The Balaban J connectivity index is 1.85.